The lowest BCUT2D eigenvalue weighted by molar-refractivity contribution is 0.0785. The van der Waals surface area contributed by atoms with Crippen LogP contribution in [0.15, 0.2) is 23.4 Å². The Morgan fingerprint density at radius 1 is 1.53 bits per heavy atom. The van der Waals surface area contributed by atoms with E-state index in [-0.39, 0.29) is 23.4 Å². The van der Waals surface area contributed by atoms with Crippen LogP contribution in [0.3, 0.4) is 0 Å². The van der Waals surface area contributed by atoms with Crippen LogP contribution in [0, 0.1) is 12.8 Å². The number of aromatic hydroxyl groups is 1. The Labute approximate surface area is 112 Å². The normalized spacial score (nSPS) is 13.1. The smallest absolute Gasteiger partial charge is 0.254 e. The molecule has 1 atom stereocenters. The monoisotopic (exact) mass is 265 g/mol. The summed E-state index contributed by atoms with van der Waals surface area (Å²) in [7, 11) is 1.63. The summed E-state index contributed by atoms with van der Waals surface area (Å²) in [5.74, 6) is -0.307. The summed E-state index contributed by atoms with van der Waals surface area (Å²) >= 11 is 0. The molecule has 1 aromatic rings. The molecular formula is C13H19N3O3. The van der Waals surface area contributed by atoms with E-state index in [0.717, 1.165) is 0 Å². The predicted molar refractivity (Wildman–Crippen MR) is 72.4 cm³/mol. The van der Waals surface area contributed by atoms with Crippen LogP contribution in [-0.4, -0.2) is 40.5 Å². The van der Waals surface area contributed by atoms with E-state index in [9.17, 15) is 9.90 Å². The number of hydrogen-bond donors (Lipinski definition) is 3. The zero-order valence-electron chi connectivity index (χ0n) is 11.3. The Hall–Kier alpha value is -2.24. The lowest BCUT2D eigenvalue weighted by atomic mass is 10.1. The van der Waals surface area contributed by atoms with Gasteiger partial charge < -0.3 is 20.9 Å². The molecule has 1 rings (SSSR count). The van der Waals surface area contributed by atoms with Gasteiger partial charge in [-0.15, -0.1) is 0 Å². The SMILES string of the molecule is Cc1c(O)cccc1C(=O)N(C)CC(C)/C(N)=N/O. The van der Waals surface area contributed by atoms with E-state index in [1.54, 1.807) is 33.0 Å². The van der Waals surface area contributed by atoms with Gasteiger partial charge in [0.15, 0.2) is 0 Å². The van der Waals surface area contributed by atoms with Crippen molar-refractivity contribution in [2.45, 2.75) is 13.8 Å². The van der Waals surface area contributed by atoms with Crippen molar-refractivity contribution in [2.24, 2.45) is 16.8 Å². The van der Waals surface area contributed by atoms with Crippen LogP contribution in [0.1, 0.15) is 22.8 Å². The van der Waals surface area contributed by atoms with Crippen molar-refractivity contribution in [1.29, 1.82) is 0 Å². The minimum absolute atomic E-state index is 0.0762. The molecule has 0 aliphatic rings. The first-order valence-corrected chi connectivity index (χ1v) is 5.90. The van der Waals surface area contributed by atoms with Crippen LogP contribution in [0.25, 0.3) is 0 Å². The topological polar surface area (TPSA) is 99.2 Å². The van der Waals surface area contributed by atoms with Gasteiger partial charge in [0.1, 0.15) is 11.6 Å². The first-order valence-electron chi connectivity index (χ1n) is 5.90. The molecule has 1 aromatic carbocycles. The van der Waals surface area contributed by atoms with Crippen molar-refractivity contribution in [3.63, 3.8) is 0 Å². The molecule has 0 fully saturated rings. The van der Waals surface area contributed by atoms with Crippen molar-refractivity contribution in [2.75, 3.05) is 13.6 Å². The van der Waals surface area contributed by atoms with Gasteiger partial charge in [-0.3, -0.25) is 4.79 Å². The first kappa shape index (κ1) is 14.8. The van der Waals surface area contributed by atoms with Gasteiger partial charge in [-0.2, -0.15) is 0 Å². The number of carbonyl (C=O) groups is 1. The Kier molecular flexibility index (Phi) is 4.74. The van der Waals surface area contributed by atoms with Gasteiger partial charge in [0, 0.05) is 30.6 Å². The molecule has 1 unspecified atom stereocenters. The van der Waals surface area contributed by atoms with Crippen LogP contribution in [0.5, 0.6) is 5.75 Å². The quantitative estimate of drug-likeness (QED) is 0.329. The highest BCUT2D eigenvalue weighted by Gasteiger charge is 2.19. The number of phenols is 1. The standard InChI is InChI=1S/C13H19N3O3/c1-8(12(14)15-19)7-16(3)13(18)10-5-4-6-11(17)9(10)2/h4-6,8,17,19H,7H2,1-3H3,(H2,14,15). The van der Waals surface area contributed by atoms with E-state index in [4.69, 9.17) is 10.9 Å². The maximum Gasteiger partial charge on any atom is 0.254 e. The number of amidine groups is 1. The molecule has 6 heteroatoms. The summed E-state index contributed by atoms with van der Waals surface area (Å²) in [6.07, 6.45) is 0. The third kappa shape index (κ3) is 3.37. The maximum atomic E-state index is 12.2. The molecule has 0 radical (unpaired) electrons. The lowest BCUT2D eigenvalue weighted by Crippen LogP contribution is -2.36. The minimum atomic E-state index is -0.253. The lowest BCUT2D eigenvalue weighted by Gasteiger charge is -2.21. The van der Waals surface area contributed by atoms with Crippen LogP contribution in [0.2, 0.25) is 0 Å². The van der Waals surface area contributed by atoms with E-state index in [2.05, 4.69) is 5.16 Å². The van der Waals surface area contributed by atoms with Gasteiger partial charge in [0.2, 0.25) is 0 Å². The molecule has 4 N–H and O–H groups in total. The number of amides is 1. The third-order valence-electron chi connectivity index (χ3n) is 3.05. The highest BCUT2D eigenvalue weighted by atomic mass is 16.4. The number of nitrogens with zero attached hydrogens (tertiary/aromatic N) is 2. The summed E-state index contributed by atoms with van der Waals surface area (Å²) in [5, 5.41) is 21.1. The van der Waals surface area contributed by atoms with Gasteiger partial charge in [0.05, 0.1) is 0 Å². The number of phenolic OH excluding ortho intramolecular Hbond substituents is 1. The van der Waals surface area contributed by atoms with Crippen molar-refractivity contribution in [1.82, 2.24) is 4.90 Å². The maximum absolute atomic E-state index is 12.2. The second-order valence-electron chi connectivity index (χ2n) is 4.56. The summed E-state index contributed by atoms with van der Waals surface area (Å²) in [6.45, 7) is 3.77. The molecule has 0 aliphatic carbocycles. The van der Waals surface area contributed by atoms with Crippen LogP contribution in [-0.2, 0) is 0 Å². The number of carbonyl (C=O) groups excluding carboxylic acids is 1. The zero-order chi connectivity index (χ0) is 14.6. The first-order chi connectivity index (χ1) is 8.88. The highest BCUT2D eigenvalue weighted by Crippen LogP contribution is 2.20. The van der Waals surface area contributed by atoms with Crippen molar-refractivity contribution in [3.05, 3.63) is 29.3 Å². The van der Waals surface area contributed by atoms with E-state index in [1.165, 1.54) is 11.0 Å². The second kappa shape index (κ2) is 6.08. The van der Waals surface area contributed by atoms with Gasteiger partial charge in [0.25, 0.3) is 5.91 Å². The number of nitrogens with two attached hydrogens (primary N) is 1. The van der Waals surface area contributed by atoms with Gasteiger partial charge >= 0.3 is 0 Å². The fourth-order valence-corrected chi connectivity index (χ4v) is 1.75. The van der Waals surface area contributed by atoms with Gasteiger partial charge in [-0.1, -0.05) is 18.1 Å². The molecule has 0 saturated carbocycles. The summed E-state index contributed by atoms with van der Waals surface area (Å²) in [6, 6.07) is 4.81. The predicted octanol–water partition coefficient (Wildman–Crippen LogP) is 1.16. The molecule has 0 aliphatic heterocycles. The van der Waals surface area contributed by atoms with Crippen LogP contribution >= 0.6 is 0 Å². The number of oxime groups is 1. The average molecular weight is 265 g/mol. The average Bonchev–Trinajstić information content (AvgIpc) is 2.39. The van der Waals surface area contributed by atoms with Crippen LogP contribution < -0.4 is 5.73 Å². The van der Waals surface area contributed by atoms with Crippen molar-refractivity contribution in [3.8, 4) is 5.75 Å². The molecule has 6 nitrogen and oxygen atoms in total. The van der Waals surface area contributed by atoms with Crippen molar-refractivity contribution >= 4 is 11.7 Å². The number of rotatable bonds is 4. The summed E-state index contributed by atoms with van der Waals surface area (Å²) < 4.78 is 0. The molecule has 19 heavy (non-hydrogen) atoms. The fraction of sp³-hybridized carbons (Fsp3) is 0.385. The molecule has 0 saturated heterocycles. The zero-order valence-corrected chi connectivity index (χ0v) is 11.3. The summed E-state index contributed by atoms with van der Waals surface area (Å²) in [4.78, 5) is 13.7. The molecule has 0 spiro atoms. The minimum Gasteiger partial charge on any atom is -0.508 e. The molecule has 0 heterocycles. The summed E-state index contributed by atoms with van der Waals surface area (Å²) in [5.41, 5.74) is 6.46. The number of hydrogen-bond acceptors (Lipinski definition) is 4. The highest BCUT2D eigenvalue weighted by molar-refractivity contribution is 5.96. The largest absolute Gasteiger partial charge is 0.508 e. The Morgan fingerprint density at radius 3 is 2.74 bits per heavy atom. The Morgan fingerprint density at radius 2 is 2.16 bits per heavy atom. The molecular weight excluding hydrogens is 246 g/mol. The molecule has 0 aromatic heterocycles. The van der Waals surface area contributed by atoms with Crippen molar-refractivity contribution < 1.29 is 15.1 Å². The van der Waals surface area contributed by atoms with Gasteiger partial charge in [-0.05, 0) is 19.1 Å². The fourth-order valence-electron chi connectivity index (χ4n) is 1.75. The Balaban J connectivity index is 2.86. The van der Waals surface area contributed by atoms with E-state index in [1.807, 2.05) is 0 Å². The van der Waals surface area contributed by atoms with E-state index in [0.29, 0.717) is 17.7 Å². The molecule has 1 amide bonds. The Bertz CT molecular complexity index is 500. The van der Waals surface area contributed by atoms with E-state index >= 15 is 0 Å². The molecule has 0 bridgehead atoms. The van der Waals surface area contributed by atoms with Gasteiger partial charge in [-0.25, -0.2) is 0 Å². The molecule has 104 valence electrons. The number of benzene rings is 1. The second-order valence-corrected chi connectivity index (χ2v) is 4.56. The van der Waals surface area contributed by atoms with E-state index < -0.39 is 0 Å². The van der Waals surface area contributed by atoms with Crippen LogP contribution in [0.4, 0.5) is 0 Å². The third-order valence-corrected chi connectivity index (χ3v) is 3.05.